The Morgan fingerprint density at radius 1 is 1.25 bits per heavy atom. The molecule has 1 aromatic carbocycles. The Hall–Kier alpha value is -2.83. The molecule has 0 aliphatic heterocycles. The highest BCUT2D eigenvalue weighted by Crippen LogP contribution is 2.21. The minimum atomic E-state index is -0.152. The highest BCUT2D eigenvalue weighted by Gasteiger charge is 2.23. The number of urea groups is 1. The Balaban J connectivity index is 1.58. The minimum absolute atomic E-state index is 0.0199. The molecule has 0 saturated heterocycles. The van der Waals surface area contributed by atoms with Gasteiger partial charge in [-0.1, -0.05) is 12.1 Å². The summed E-state index contributed by atoms with van der Waals surface area (Å²) in [4.78, 5) is 20.1. The lowest BCUT2D eigenvalue weighted by molar-refractivity contribution is 0.251. The molecule has 1 aromatic heterocycles. The lowest BCUT2D eigenvalue weighted by Gasteiger charge is -2.15. The molecule has 7 nitrogen and oxygen atoms in total. The van der Waals surface area contributed by atoms with Crippen LogP contribution in [0.1, 0.15) is 31.4 Å². The smallest absolute Gasteiger partial charge is 0.319 e. The van der Waals surface area contributed by atoms with Gasteiger partial charge in [-0.3, -0.25) is 0 Å². The zero-order chi connectivity index (χ0) is 16.9. The number of carbonyl (C=O) groups is 1. The summed E-state index contributed by atoms with van der Waals surface area (Å²) in [5.41, 5.74) is 1.83. The maximum atomic E-state index is 11.7. The molecule has 0 bridgehead atoms. The van der Waals surface area contributed by atoms with Crippen LogP contribution in [0.25, 0.3) is 0 Å². The Kier molecular flexibility index (Phi) is 4.79. The largest absolute Gasteiger partial charge is 0.481 e. The predicted molar refractivity (Wildman–Crippen MR) is 92.2 cm³/mol. The van der Waals surface area contributed by atoms with Crippen molar-refractivity contribution in [3.05, 3.63) is 42.1 Å². The fourth-order valence-corrected chi connectivity index (χ4v) is 2.24. The van der Waals surface area contributed by atoms with Crippen LogP contribution < -0.4 is 20.7 Å². The van der Waals surface area contributed by atoms with E-state index < -0.39 is 0 Å². The minimum Gasteiger partial charge on any atom is -0.481 e. The number of ether oxygens (including phenoxy) is 1. The van der Waals surface area contributed by atoms with Gasteiger partial charge in [-0.2, -0.15) is 4.98 Å². The van der Waals surface area contributed by atoms with Crippen LogP contribution in [0, 0.1) is 0 Å². The van der Waals surface area contributed by atoms with Crippen molar-refractivity contribution in [2.75, 3.05) is 17.7 Å². The van der Waals surface area contributed by atoms with Crippen LogP contribution in [0.2, 0.25) is 0 Å². The third kappa shape index (κ3) is 4.34. The zero-order valence-electron chi connectivity index (χ0n) is 13.7. The number of amides is 2. The Bertz CT molecular complexity index is 700. The van der Waals surface area contributed by atoms with Crippen LogP contribution in [0.4, 0.5) is 16.4 Å². The summed E-state index contributed by atoms with van der Waals surface area (Å²) in [5.74, 6) is 1.02. The standard InChI is InChI=1S/C17H21N5O2/c1-11(19-16-18-10-9-15(22-16)24-2)12-3-5-13(6-4-12)20-17(23)21-14-7-8-14/h3-6,9-11,14H,7-8H2,1-2H3,(H,18,19,22)(H2,20,21,23). The number of benzene rings is 1. The van der Waals surface area contributed by atoms with Gasteiger partial charge < -0.3 is 20.7 Å². The third-order valence-corrected chi connectivity index (χ3v) is 3.77. The number of rotatable bonds is 6. The second-order valence-corrected chi connectivity index (χ2v) is 5.78. The van der Waals surface area contributed by atoms with Gasteiger partial charge in [-0.05, 0) is 37.5 Å². The zero-order valence-corrected chi connectivity index (χ0v) is 13.7. The first-order valence-electron chi connectivity index (χ1n) is 7.95. The summed E-state index contributed by atoms with van der Waals surface area (Å²) in [6, 6.07) is 9.60. The van der Waals surface area contributed by atoms with Crippen LogP contribution in [-0.2, 0) is 0 Å². The monoisotopic (exact) mass is 327 g/mol. The van der Waals surface area contributed by atoms with Gasteiger partial charge in [0.25, 0.3) is 0 Å². The van der Waals surface area contributed by atoms with E-state index in [1.165, 1.54) is 0 Å². The Morgan fingerprint density at radius 3 is 2.67 bits per heavy atom. The van der Waals surface area contributed by atoms with Gasteiger partial charge in [-0.25, -0.2) is 9.78 Å². The molecule has 3 rings (SSSR count). The van der Waals surface area contributed by atoms with Crippen molar-refractivity contribution in [1.29, 1.82) is 0 Å². The molecular formula is C17H21N5O2. The van der Waals surface area contributed by atoms with E-state index in [-0.39, 0.29) is 12.1 Å². The average molecular weight is 327 g/mol. The fraction of sp³-hybridized carbons (Fsp3) is 0.353. The van der Waals surface area contributed by atoms with E-state index in [0.717, 1.165) is 24.1 Å². The van der Waals surface area contributed by atoms with Crippen LogP contribution in [0.5, 0.6) is 5.88 Å². The van der Waals surface area contributed by atoms with Gasteiger partial charge in [0, 0.05) is 24.0 Å². The number of carbonyl (C=O) groups excluding carboxylic acids is 1. The summed E-state index contributed by atoms with van der Waals surface area (Å²) < 4.78 is 5.09. The number of nitrogens with one attached hydrogen (secondary N) is 3. The van der Waals surface area contributed by atoms with Crippen LogP contribution in [-0.4, -0.2) is 29.2 Å². The van der Waals surface area contributed by atoms with Gasteiger partial charge in [0.2, 0.25) is 11.8 Å². The molecule has 1 fully saturated rings. The molecule has 3 N–H and O–H groups in total. The van der Waals surface area contributed by atoms with Crippen LogP contribution in [0.3, 0.4) is 0 Å². The molecule has 1 aliphatic carbocycles. The van der Waals surface area contributed by atoms with Crippen molar-refractivity contribution < 1.29 is 9.53 Å². The lowest BCUT2D eigenvalue weighted by atomic mass is 10.1. The van der Waals surface area contributed by atoms with Gasteiger partial charge in [0.15, 0.2) is 0 Å². The molecule has 2 aromatic rings. The summed E-state index contributed by atoms with van der Waals surface area (Å²) in [7, 11) is 1.57. The molecular weight excluding hydrogens is 306 g/mol. The summed E-state index contributed by atoms with van der Waals surface area (Å²) >= 11 is 0. The molecule has 7 heteroatoms. The quantitative estimate of drug-likeness (QED) is 0.759. The van der Waals surface area contributed by atoms with E-state index in [1.807, 2.05) is 31.2 Å². The van der Waals surface area contributed by atoms with Gasteiger partial charge in [-0.15, -0.1) is 0 Å². The maximum absolute atomic E-state index is 11.7. The molecule has 0 radical (unpaired) electrons. The van der Waals surface area contributed by atoms with Crippen molar-refractivity contribution in [1.82, 2.24) is 15.3 Å². The third-order valence-electron chi connectivity index (χ3n) is 3.77. The first-order chi connectivity index (χ1) is 11.6. The number of hydrogen-bond acceptors (Lipinski definition) is 5. The first-order valence-corrected chi connectivity index (χ1v) is 7.95. The molecule has 24 heavy (non-hydrogen) atoms. The van der Waals surface area contributed by atoms with Gasteiger partial charge in [0.1, 0.15) is 0 Å². The molecule has 0 spiro atoms. The van der Waals surface area contributed by atoms with Gasteiger partial charge >= 0.3 is 6.03 Å². The van der Waals surface area contributed by atoms with E-state index in [4.69, 9.17) is 4.74 Å². The summed E-state index contributed by atoms with van der Waals surface area (Å²) in [5, 5.41) is 8.95. The number of hydrogen-bond donors (Lipinski definition) is 3. The van der Waals surface area contributed by atoms with E-state index in [2.05, 4.69) is 25.9 Å². The molecule has 1 heterocycles. The first kappa shape index (κ1) is 16.0. The average Bonchev–Trinajstić information content (AvgIpc) is 3.39. The Labute approximate surface area is 140 Å². The van der Waals surface area contributed by atoms with Crippen LogP contribution >= 0.6 is 0 Å². The number of aromatic nitrogens is 2. The second-order valence-electron chi connectivity index (χ2n) is 5.78. The number of anilines is 2. The number of methoxy groups -OCH3 is 1. The highest BCUT2D eigenvalue weighted by atomic mass is 16.5. The van der Waals surface area contributed by atoms with E-state index in [9.17, 15) is 4.79 Å². The maximum Gasteiger partial charge on any atom is 0.319 e. The normalized spacial score (nSPS) is 14.6. The molecule has 126 valence electrons. The molecule has 1 atom stereocenters. The fourth-order valence-electron chi connectivity index (χ4n) is 2.24. The molecule has 1 saturated carbocycles. The summed E-state index contributed by atoms with van der Waals surface area (Å²) in [6.07, 6.45) is 3.79. The SMILES string of the molecule is COc1ccnc(NC(C)c2ccc(NC(=O)NC3CC3)cc2)n1. The van der Waals surface area contributed by atoms with E-state index in [0.29, 0.717) is 17.9 Å². The summed E-state index contributed by atoms with van der Waals surface area (Å²) in [6.45, 7) is 2.02. The molecule has 1 unspecified atom stereocenters. The van der Waals surface area contributed by atoms with Crippen LogP contribution in [0.15, 0.2) is 36.5 Å². The topological polar surface area (TPSA) is 88.2 Å². The van der Waals surface area contributed by atoms with Gasteiger partial charge in [0.05, 0.1) is 13.2 Å². The van der Waals surface area contributed by atoms with E-state index in [1.54, 1.807) is 19.4 Å². The second kappa shape index (κ2) is 7.16. The van der Waals surface area contributed by atoms with Crippen molar-refractivity contribution >= 4 is 17.7 Å². The molecule has 1 aliphatic rings. The highest BCUT2D eigenvalue weighted by molar-refractivity contribution is 5.89. The van der Waals surface area contributed by atoms with Crippen molar-refractivity contribution in [2.45, 2.75) is 31.8 Å². The van der Waals surface area contributed by atoms with Crippen molar-refractivity contribution in [3.63, 3.8) is 0 Å². The van der Waals surface area contributed by atoms with Crippen molar-refractivity contribution in [2.24, 2.45) is 0 Å². The molecule has 2 amide bonds. The van der Waals surface area contributed by atoms with Crippen molar-refractivity contribution in [3.8, 4) is 5.88 Å². The Morgan fingerprint density at radius 2 is 2.00 bits per heavy atom. The number of nitrogens with zero attached hydrogens (tertiary/aromatic N) is 2. The lowest BCUT2D eigenvalue weighted by Crippen LogP contribution is -2.30. The van der Waals surface area contributed by atoms with E-state index >= 15 is 0 Å². The predicted octanol–water partition coefficient (Wildman–Crippen LogP) is 2.94.